The lowest BCUT2D eigenvalue weighted by atomic mass is 10.1. The zero-order chi connectivity index (χ0) is 20.2. The van der Waals surface area contributed by atoms with Crippen LogP contribution in [0.3, 0.4) is 0 Å². The van der Waals surface area contributed by atoms with Crippen LogP contribution in [0.1, 0.15) is 17.3 Å². The highest BCUT2D eigenvalue weighted by Crippen LogP contribution is 2.33. The molecule has 2 amide bonds. The minimum absolute atomic E-state index is 0.320. The molecule has 0 bridgehead atoms. The maximum atomic E-state index is 12.7. The van der Waals surface area contributed by atoms with Gasteiger partial charge in [-0.2, -0.15) is 0 Å². The first kappa shape index (κ1) is 18.5. The molecule has 0 aliphatic carbocycles. The summed E-state index contributed by atoms with van der Waals surface area (Å²) >= 11 is 0. The number of nitrogens with zero attached hydrogens (tertiary/aromatic N) is 1. The first-order valence-corrected chi connectivity index (χ1v) is 9.16. The Hall–Kier alpha value is -3.87. The fourth-order valence-electron chi connectivity index (χ4n) is 2.98. The number of pyridine rings is 1. The molecule has 0 unspecified atom stereocenters. The van der Waals surface area contributed by atoms with Crippen molar-refractivity contribution in [1.29, 1.82) is 0 Å². The molecule has 29 heavy (non-hydrogen) atoms. The summed E-state index contributed by atoms with van der Waals surface area (Å²) in [7, 11) is 0. The largest absolute Gasteiger partial charge is 0.482 e. The van der Waals surface area contributed by atoms with E-state index in [9.17, 15) is 9.59 Å². The number of hydrogen-bond donors (Lipinski definition) is 2. The second-order valence-corrected chi connectivity index (χ2v) is 6.55. The van der Waals surface area contributed by atoms with Crippen molar-refractivity contribution in [1.82, 2.24) is 4.98 Å². The van der Waals surface area contributed by atoms with E-state index < -0.39 is 12.2 Å². The van der Waals surface area contributed by atoms with Gasteiger partial charge in [0.1, 0.15) is 11.9 Å². The van der Waals surface area contributed by atoms with Crippen LogP contribution < -0.4 is 20.1 Å². The van der Waals surface area contributed by atoms with E-state index in [1.807, 2.05) is 12.1 Å². The third kappa shape index (κ3) is 4.19. The molecule has 146 valence electrons. The number of para-hydroxylation sites is 2. The average molecular weight is 389 g/mol. The van der Waals surface area contributed by atoms with E-state index in [0.29, 0.717) is 28.6 Å². The Bertz CT molecular complexity index is 1040. The van der Waals surface area contributed by atoms with Crippen molar-refractivity contribution in [2.24, 2.45) is 0 Å². The summed E-state index contributed by atoms with van der Waals surface area (Å²) in [6.45, 7) is 1.77. The van der Waals surface area contributed by atoms with E-state index in [4.69, 9.17) is 9.47 Å². The van der Waals surface area contributed by atoms with Crippen molar-refractivity contribution in [2.45, 2.75) is 19.1 Å². The van der Waals surface area contributed by atoms with Crippen LogP contribution in [0.4, 0.5) is 11.5 Å². The summed E-state index contributed by atoms with van der Waals surface area (Å²) < 4.78 is 11.6. The number of carbonyl (C=O) groups is 2. The van der Waals surface area contributed by atoms with Crippen molar-refractivity contribution in [3.8, 4) is 11.5 Å². The van der Waals surface area contributed by atoms with Crippen molar-refractivity contribution in [2.75, 3.05) is 10.6 Å². The number of amides is 2. The fourth-order valence-corrected chi connectivity index (χ4v) is 2.98. The minimum Gasteiger partial charge on any atom is -0.482 e. The topological polar surface area (TPSA) is 89.5 Å². The van der Waals surface area contributed by atoms with Gasteiger partial charge in [-0.25, -0.2) is 4.98 Å². The smallest absolute Gasteiger partial charge is 0.269 e. The number of rotatable bonds is 4. The van der Waals surface area contributed by atoms with Crippen LogP contribution >= 0.6 is 0 Å². The zero-order valence-corrected chi connectivity index (χ0v) is 15.7. The maximum Gasteiger partial charge on any atom is 0.269 e. The Labute approximate surface area is 167 Å². The molecule has 2 N–H and O–H groups in total. The lowest BCUT2D eigenvalue weighted by Gasteiger charge is -2.31. The Kier molecular flexibility index (Phi) is 5.11. The number of hydrogen-bond acceptors (Lipinski definition) is 5. The van der Waals surface area contributed by atoms with Crippen molar-refractivity contribution in [3.63, 3.8) is 0 Å². The van der Waals surface area contributed by atoms with E-state index in [1.165, 1.54) is 0 Å². The standard InChI is InChI=1S/C22H19N3O4/c1-14-20(29-18-10-3-2-9-17(18)28-14)22(27)24-16-8-6-7-15(13-16)21(26)25-19-11-4-5-12-23-19/h2-14,20H,1H3,(H,24,27)(H,23,25,26)/t14-,20+/m1/s1. The average Bonchev–Trinajstić information content (AvgIpc) is 2.74. The molecule has 2 aromatic carbocycles. The Balaban J connectivity index is 1.45. The van der Waals surface area contributed by atoms with Crippen molar-refractivity contribution < 1.29 is 19.1 Å². The molecule has 0 fully saturated rings. The van der Waals surface area contributed by atoms with Gasteiger partial charge in [-0.1, -0.05) is 24.3 Å². The molecule has 0 spiro atoms. The van der Waals surface area contributed by atoms with E-state index in [1.54, 1.807) is 67.7 Å². The molecular weight excluding hydrogens is 370 g/mol. The molecule has 0 saturated carbocycles. The van der Waals surface area contributed by atoms with Gasteiger partial charge in [0.2, 0.25) is 6.10 Å². The van der Waals surface area contributed by atoms with Crippen LogP contribution in [-0.2, 0) is 4.79 Å². The molecule has 1 aliphatic rings. The van der Waals surface area contributed by atoms with Crippen LogP contribution in [0.15, 0.2) is 72.9 Å². The van der Waals surface area contributed by atoms with E-state index in [2.05, 4.69) is 15.6 Å². The van der Waals surface area contributed by atoms with Gasteiger partial charge >= 0.3 is 0 Å². The molecule has 7 nitrogen and oxygen atoms in total. The molecule has 3 aromatic rings. The van der Waals surface area contributed by atoms with Crippen LogP contribution in [0.25, 0.3) is 0 Å². The normalized spacial score (nSPS) is 17.3. The first-order chi connectivity index (χ1) is 14.1. The van der Waals surface area contributed by atoms with Crippen LogP contribution in [-0.4, -0.2) is 29.0 Å². The lowest BCUT2D eigenvalue weighted by molar-refractivity contribution is -0.128. The van der Waals surface area contributed by atoms with Crippen molar-refractivity contribution in [3.05, 3.63) is 78.5 Å². The van der Waals surface area contributed by atoms with Gasteiger partial charge in [0, 0.05) is 17.4 Å². The van der Waals surface area contributed by atoms with Crippen LogP contribution in [0, 0.1) is 0 Å². The molecule has 4 rings (SSSR count). The first-order valence-electron chi connectivity index (χ1n) is 9.16. The van der Waals surface area contributed by atoms with Gasteiger partial charge in [-0.3, -0.25) is 9.59 Å². The highest BCUT2D eigenvalue weighted by molar-refractivity contribution is 6.05. The zero-order valence-electron chi connectivity index (χ0n) is 15.7. The van der Waals surface area contributed by atoms with Gasteiger partial charge in [0.25, 0.3) is 11.8 Å². The predicted octanol–water partition coefficient (Wildman–Crippen LogP) is 3.50. The van der Waals surface area contributed by atoms with Gasteiger partial charge in [0.15, 0.2) is 11.5 Å². The Morgan fingerprint density at radius 3 is 2.41 bits per heavy atom. The summed E-state index contributed by atoms with van der Waals surface area (Å²) in [5, 5.41) is 5.51. The van der Waals surface area contributed by atoms with Gasteiger partial charge in [-0.15, -0.1) is 0 Å². The summed E-state index contributed by atoms with van der Waals surface area (Å²) in [5.41, 5.74) is 0.881. The molecule has 1 aromatic heterocycles. The van der Waals surface area contributed by atoms with Crippen molar-refractivity contribution >= 4 is 23.3 Å². The number of benzene rings is 2. The second kappa shape index (κ2) is 8.02. The van der Waals surface area contributed by atoms with E-state index in [-0.39, 0.29) is 11.8 Å². The number of aromatic nitrogens is 1. The van der Waals surface area contributed by atoms with Crippen LogP contribution in [0.2, 0.25) is 0 Å². The molecule has 2 atom stereocenters. The number of anilines is 2. The number of ether oxygens (including phenoxy) is 2. The highest BCUT2D eigenvalue weighted by Gasteiger charge is 2.34. The molecule has 7 heteroatoms. The third-order valence-corrected chi connectivity index (χ3v) is 4.40. The minimum atomic E-state index is -0.809. The van der Waals surface area contributed by atoms with E-state index >= 15 is 0 Å². The summed E-state index contributed by atoms with van der Waals surface area (Å²) in [4.78, 5) is 29.2. The van der Waals surface area contributed by atoms with E-state index in [0.717, 1.165) is 0 Å². The molecule has 2 heterocycles. The second-order valence-electron chi connectivity index (χ2n) is 6.55. The molecule has 0 radical (unpaired) electrons. The highest BCUT2D eigenvalue weighted by atomic mass is 16.6. The quantitative estimate of drug-likeness (QED) is 0.713. The fraction of sp³-hybridized carbons (Fsp3) is 0.136. The SMILES string of the molecule is C[C@H]1Oc2ccccc2O[C@@H]1C(=O)Nc1cccc(C(=O)Nc2ccccn2)c1. The van der Waals surface area contributed by atoms with Gasteiger partial charge in [0.05, 0.1) is 0 Å². The third-order valence-electron chi connectivity index (χ3n) is 4.40. The summed E-state index contributed by atoms with van der Waals surface area (Å²) in [6, 6.07) is 19.1. The monoisotopic (exact) mass is 389 g/mol. The predicted molar refractivity (Wildman–Crippen MR) is 108 cm³/mol. The lowest BCUT2D eigenvalue weighted by Crippen LogP contribution is -2.46. The number of nitrogens with one attached hydrogen (secondary N) is 2. The molecule has 0 saturated heterocycles. The molecule has 1 aliphatic heterocycles. The summed E-state index contributed by atoms with van der Waals surface area (Å²) in [5.74, 6) is 0.910. The van der Waals surface area contributed by atoms with Gasteiger partial charge < -0.3 is 20.1 Å². The molecular formula is C22H19N3O4. The summed E-state index contributed by atoms with van der Waals surface area (Å²) in [6.07, 6.45) is 0.328. The Morgan fingerprint density at radius 2 is 1.66 bits per heavy atom. The Morgan fingerprint density at radius 1 is 0.897 bits per heavy atom. The number of fused-ring (bicyclic) bond motifs is 1. The van der Waals surface area contributed by atoms with Gasteiger partial charge in [-0.05, 0) is 49.4 Å². The van der Waals surface area contributed by atoms with Crippen LogP contribution in [0.5, 0.6) is 11.5 Å². The number of carbonyl (C=O) groups excluding carboxylic acids is 2. The maximum absolute atomic E-state index is 12.7.